The summed E-state index contributed by atoms with van der Waals surface area (Å²) >= 11 is 0. The molecular formula is C35H49NO7. The van der Waals surface area contributed by atoms with Crippen molar-refractivity contribution in [2.45, 2.75) is 116 Å². The molecular weight excluding hydrogens is 546 g/mol. The number of ketones is 1. The minimum Gasteiger partial charge on any atom is -0.493 e. The average molecular weight is 596 g/mol. The van der Waals surface area contributed by atoms with Crippen molar-refractivity contribution in [2.24, 2.45) is 0 Å². The van der Waals surface area contributed by atoms with Crippen molar-refractivity contribution in [3.8, 4) is 5.75 Å². The lowest BCUT2D eigenvalue weighted by Gasteiger charge is -2.11. The predicted molar refractivity (Wildman–Crippen MR) is 169 cm³/mol. The van der Waals surface area contributed by atoms with Crippen LogP contribution in [0, 0.1) is 0 Å². The molecule has 0 fully saturated rings. The number of ether oxygens (including phenoxy) is 1. The van der Waals surface area contributed by atoms with E-state index in [1.165, 1.54) is 83.5 Å². The number of para-hydroxylation sites is 1. The first-order valence-corrected chi connectivity index (χ1v) is 16.0. The van der Waals surface area contributed by atoms with Gasteiger partial charge in [0.25, 0.3) is 0 Å². The van der Waals surface area contributed by atoms with Crippen molar-refractivity contribution in [3.63, 3.8) is 0 Å². The molecule has 0 heterocycles. The molecule has 0 saturated carbocycles. The number of rotatable bonds is 24. The van der Waals surface area contributed by atoms with Crippen LogP contribution in [0.3, 0.4) is 0 Å². The molecule has 2 rings (SSSR count). The molecule has 0 aromatic heterocycles. The van der Waals surface area contributed by atoms with Gasteiger partial charge in [0.15, 0.2) is 5.78 Å². The summed E-state index contributed by atoms with van der Waals surface area (Å²) in [5.41, 5.74) is -0.286. The average Bonchev–Trinajstić information content (AvgIpc) is 2.98. The Balaban J connectivity index is 1.63. The van der Waals surface area contributed by atoms with Crippen molar-refractivity contribution in [3.05, 3.63) is 59.2 Å². The highest BCUT2D eigenvalue weighted by Gasteiger charge is 2.18. The van der Waals surface area contributed by atoms with Crippen LogP contribution in [0.1, 0.15) is 147 Å². The van der Waals surface area contributed by atoms with Gasteiger partial charge in [0.2, 0.25) is 5.91 Å². The highest BCUT2D eigenvalue weighted by atomic mass is 16.5. The van der Waals surface area contributed by atoms with Gasteiger partial charge in [-0.3, -0.25) is 9.59 Å². The van der Waals surface area contributed by atoms with E-state index in [1.54, 1.807) is 24.3 Å². The maximum absolute atomic E-state index is 12.9. The van der Waals surface area contributed by atoms with Gasteiger partial charge in [0.1, 0.15) is 5.75 Å². The zero-order valence-electron chi connectivity index (χ0n) is 25.7. The number of hydrogen-bond acceptors (Lipinski definition) is 5. The number of carboxylic acid groups (broad SMARTS) is 2. The molecule has 1 amide bonds. The first-order chi connectivity index (χ1) is 20.8. The molecule has 43 heavy (non-hydrogen) atoms. The number of aromatic carboxylic acids is 2. The van der Waals surface area contributed by atoms with E-state index in [2.05, 4.69) is 12.2 Å². The fraction of sp³-hybridized carbons (Fsp3) is 0.543. The number of carbonyl (C=O) groups excluding carboxylic acids is 2. The number of benzene rings is 2. The van der Waals surface area contributed by atoms with E-state index in [4.69, 9.17) is 4.74 Å². The minimum atomic E-state index is -1.33. The van der Waals surface area contributed by atoms with Crippen LogP contribution < -0.4 is 10.1 Å². The number of nitrogens with one attached hydrogen (secondary N) is 1. The fourth-order valence-corrected chi connectivity index (χ4v) is 5.05. The molecule has 3 N–H and O–H groups in total. The van der Waals surface area contributed by atoms with Gasteiger partial charge >= 0.3 is 11.9 Å². The Morgan fingerprint density at radius 3 is 1.60 bits per heavy atom. The summed E-state index contributed by atoms with van der Waals surface area (Å²) in [4.78, 5) is 48.0. The monoisotopic (exact) mass is 595 g/mol. The molecule has 0 radical (unpaired) electrons. The van der Waals surface area contributed by atoms with E-state index < -0.39 is 30.0 Å². The SMILES string of the molecule is CCCCCCCCCCCCCCCCCCOc1ccccc1C(=O)CC(=O)Nc1cc(C(=O)O)cc(C(=O)O)c1. The summed E-state index contributed by atoms with van der Waals surface area (Å²) in [6.07, 6.45) is 20.1. The minimum absolute atomic E-state index is 0.0110. The van der Waals surface area contributed by atoms with Gasteiger partial charge < -0.3 is 20.3 Å². The molecule has 8 nitrogen and oxygen atoms in total. The van der Waals surface area contributed by atoms with Crippen LogP contribution in [0.25, 0.3) is 0 Å². The van der Waals surface area contributed by atoms with Crippen LogP contribution in [-0.4, -0.2) is 40.4 Å². The molecule has 0 aliphatic rings. The standard InChI is InChI=1S/C35H49NO7/c1-2-3-4-5-6-7-8-9-10-11-12-13-14-15-16-19-22-43-32-21-18-17-20-30(32)31(37)26-33(38)36-29-24-27(34(39)40)23-28(25-29)35(41)42/h17-18,20-21,23-25H,2-16,19,22,26H2,1H3,(H,36,38)(H,39,40)(H,41,42). The lowest BCUT2D eigenvalue weighted by atomic mass is 10.0. The normalized spacial score (nSPS) is 10.8. The van der Waals surface area contributed by atoms with Crippen molar-refractivity contribution in [2.75, 3.05) is 11.9 Å². The van der Waals surface area contributed by atoms with Crippen LogP contribution in [0.5, 0.6) is 5.75 Å². The van der Waals surface area contributed by atoms with Gasteiger partial charge in [-0.1, -0.05) is 115 Å². The third kappa shape index (κ3) is 14.9. The lowest BCUT2D eigenvalue weighted by Crippen LogP contribution is -2.18. The lowest BCUT2D eigenvalue weighted by molar-refractivity contribution is -0.115. The molecule has 0 unspecified atom stereocenters. The van der Waals surface area contributed by atoms with Gasteiger partial charge in [0, 0.05) is 5.69 Å². The van der Waals surface area contributed by atoms with E-state index in [0.717, 1.165) is 37.5 Å². The van der Waals surface area contributed by atoms with Crippen molar-refractivity contribution >= 4 is 29.3 Å². The predicted octanol–water partition coefficient (Wildman–Crippen LogP) is 8.93. The topological polar surface area (TPSA) is 130 Å². The van der Waals surface area contributed by atoms with Crippen LogP contribution in [0.4, 0.5) is 5.69 Å². The molecule has 236 valence electrons. The fourth-order valence-electron chi connectivity index (χ4n) is 5.05. The highest BCUT2D eigenvalue weighted by Crippen LogP contribution is 2.22. The largest absolute Gasteiger partial charge is 0.493 e. The van der Waals surface area contributed by atoms with E-state index in [0.29, 0.717) is 17.9 Å². The second-order valence-corrected chi connectivity index (χ2v) is 11.2. The molecule has 0 aliphatic carbocycles. The number of amides is 1. The van der Waals surface area contributed by atoms with Crippen molar-refractivity contribution < 1.29 is 34.1 Å². The number of anilines is 1. The van der Waals surface area contributed by atoms with Gasteiger partial charge in [-0.05, 0) is 36.8 Å². The second-order valence-electron chi connectivity index (χ2n) is 11.2. The second kappa shape index (κ2) is 21.1. The first-order valence-electron chi connectivity index (χ1n) is 16.0. The van der Waals surface area contributed by atoms with E-state index >= 15 is 0 Å². The third-order valence-corrected chi connectivity index (χ3v) is 7.47. The number of unbranched alkanes of at least 4 members (excludes halogenated alkanes) is 15. The number of carboxylic acids is 2. The highest BCUT2D eigenvalue weighted by molar-refractivity contribution is 6.12. The van der Waals surface area contributed by atoms with Gasteiger partial charge in [-0.2, -0.15) is 0 Å². The zero-order chi connectivity index (χ0) is 31.3. The van der Waals surface area contributed by atoms with Gasteiger partial charge in [-0.25, -0.2) is 9.59 Å². The quantitative estimate of drug-likeness (QED) is 0.0627. The molecule has 2 aromatic rings. The van der Waals surface area contributed by atoms with Gasteiger partial charge in [-0.15, -0.1) is 0 Å². The Kier molecular flexibility index (Phi) is 17.4. The summed E-state index contributed by atoms with van der Waals surface area (Å²) < 4.78 is 5.88. The molecule has 0 atom stereocenters. The first kappa shape index (κ1) is 35.5. The molecule has 2 aromatic carbocycles. The Morgan fingerprint density at radius 2 is 1.12 bits per heavy atom. The zero-order valence-corrected chi connectivity index (χ0v) is 25.7. The summed E-state index contributed by atoms with van der Waals surface area (Å²) in [6.45, 7) is 2.74. The van der Waals surface area contributed by atoms with Crippen LogP contribution in [-0.2, 0) is 4.79 Å². The van der Waals surface area contributed by atoms with E-state index in [9.17, 15) is 29.4 Å². The Morgan fingerprint density at radius 1 is 0.651 bits per heavy atom. The molecule has 8 heteroatoms. The third-order valence-electron chi connectivity index (χ3n) is 7.47. The molecule has 0 aliphatic heterocycles. The Hall–Kier alpha value is -3.68. The molecule has 0 saturated heterocycles. The van der Waals surface area contributed by atoms with Crippen LogP contribution in [0.15, 0.2) is 42.5 Å². The van der Waals surface area contributed by atoms with E-state index in [1.807, 2.05) is 0 Å². The van der Waals surface area contributed by atoms with Crippen molar-refractivity contribution in [1.82, 2.24) is 0 Å². The molecule has 0 bridgehead atoms. The van der Waals surface area contributed by atoms with Gasteiger partial charge in [0.05, 0.1) is 29.7 Å². The maximum atomic E-state index is 12.9. The number of hydrogen-bond donors (Lipinski definition) is 3. The smallest absolute Gasteiger partial charge is 0.335 e. The summed E-state index contributed by atoms with van der Waals surface area (Å²) in [5.74, 6) is -3.37. The van der Waals surface area contributed by atoms with Crippen LogP contribution >= 0.6 is 0 Å². The summed E-state index contributed by atoms with van der Waals surface area (Å²) in [5, 5.41) is 20.9. The van der Waals surface area contributed by atoms with Crippen molar-refractivity contribution in [1.29, 1.82) is 0 Å². The Bertz CT molecular complexity index is 1130. The number of carbonyl (C=O) groups is 4. The number of Topliss-reactive ketones (excluding diaryl/α,β-unsaturated/α-hetero) is 1. The van der Waals surface area contributed by atoms with E-state index in [-0.39, 0.29) is 16.8 Å². The summed E-state index contributed by atoms with van der Waals surface area (Å²) in [7, 11) is 0. The van der Waals surface area contributed by atoms with Crippen LogP contribution in [0.2, 0.25) is 0 Å². The maximum Gasteiger partial charge on any atom is 0.335 e. The summed E-state index contributed by atoms with van der Waals surface area (Å²) in [6, 6.07) is 10.1. The Labute approximate surface area is 256 Å². The molecule has 0 spiro atoms.